The van der Waals surface area contributed by atoms with Crippen molar-refractivity contribution in [2.24, 2.45) is 0 Å². The molecule has 0 aliphatic carbocycles. The van der Waals surface area contributed by atoms with E-state index in [9.17, 15) is 4.79 Å². The Hall–Kier alpha value is -1.55. The van der Waals surface area contributed by atoms with Crippen molar-refractivity contribution in [1.29, 1.82) is 0 Å². The van der Waals surface area contributed by atoms with Crippen LogP contribution in [0, 0.1) is 13.8 Å². The van der Waals surface area contributed by atoms with Gasteiger partial charge in [-0.3, -0.25) is 4.79 Å². The number of ether oxygens (including phenoxy) is 1. The fraction of sp³-hybridized carbons (Fsp3) is 0.562. The van der Waals surface area contributed by atoms with Gasteiger partial charge in [-0.1, -0.05) is 12.1 Å². The van der Waals surface area contributed by atoms with Crippen LogP contribution in [0.3, 0.4) is 0 Å². The van der Waals surface area contributed by atoms with E-state index >= 15 is 0 Å². The van der Waals surface area contributed by atoms with Crippen molar-refractivity contribution < 1.29 is 9.53 Å². The molecule has 1 aromatic rings. The van der Waals surface area contributed by atoms with Crippen molar-refractivity contribution in [1.82, 2.24) is 9.80 Å². The number of amides is 1. The average Bonchev–Trinajstić information content (AvgIpc) is 2.44. The molecule has 1 saturated heterocycles. The van der Waals surface area contributed by atoms with Crippen LogP contribution in [0.5, 0.6) is 5.75 Å². The molecule has 0 aromatic heterocycles. The quantitative estimate of drug-likeness (QED) is 0.841. The van der Waals surface area contributed by atoms with Crippen LogP contribution >= 0.6 is 0 Å². The van der Waals surface area contributed by atoms with E-state index in [1.165, 1.54) is 5.56 Å². The maximum Gasteiger partial charge on any atom is 0.226 e. The Morgan fingerprint density at radius 3 is 2.60 bits per heavy atom. The molecule has 0 atom stereocenters. The molecule has 110 valence electrons. The summed E-state index contributed by atoms with van der Waals surface area (Å²) >= 11 is 0. The topological polar surface area (TPSA) is 32.8 Å². The molecular formula is C16H24N2O2. The molecular weight excluding hydrogens is 252 g/mol. The maximum absolute atomic E-state index is 12.1. The lowest BCUT2D eigenvalue weighted by molar-refractivity contribution is -0.133. The van der Waals surface area contributed by atoms with Crippen molar-refractivity contribution in [3.8, 4) is 5.75 Å². The van der Waals surface area contributed by atoms with Crippen LogP contribution in [-0.4, -0.2) is 55.5 Å². The third-order valence-corrected chi connectivity index (χ3v) is 3.98. The van der Waals surface area contributed by atoms with Crippen LogP contribution in [-0.2, 0) is 4.79 Å². The summed E-state index contributed by atoms with van der Waals surface area (Å²) in [6.45, 7) is 8.16. The van der Waals surface area contributed by atoms with E-state index in [-0.39, 0.29) is 5.91 Å². The van der Waals surface area contributed by atoms with Gasteiger partial charge in [-0.25, -0.2) is 0 Å². The molecule has 2 rings (SSSR count). The van der Waals surface area contributed by atoms with Crippen LogP contribution in [0.15, 0.2) is 18.2 Å². The number of piperazine rings is 1. The summed E-state index contributed by atoms with van der Waals surface area (Å²) in [6.07, 6.45) is 0.455. The first kappa shape index (κ1) is 14.9. The summed E-state index contributed by atoms with van der Waals surface area (Å²) in [6, 6.07) is 6.01. The molecule has 4 heteroatoms. The SMILES string of the molecule is Cc1cccc(OCCC(=O)N2CCN(C)CC2)c1C. The van der Waals surface area contributed by atoms with Crippen LogP contribution in [0.2, 0.25) is 0 Å². The lowest BCUT2D eigenvalue weighted by atomic mass is 10.1. The molecule has 0 spiro atoms. The van der Waals surface area contributed by atoms with E-state index in [0.717, 1.165) is 37.5 Å². The first-order valence-corrected chi connectivity index (χ1v) is 7.23. The monoisotopic (exact) mass is 276 g/mol. The zero-order chi connectivity index (χ0) is 14.5. The first-order chi connectivity index (χ1) is 9.58. The van der Waals surface area contributed by atoms with Gasteiger partial charge in [-0.15, -0.1) is 0 Å². The largest absolute Gasteiger partial charge is 0.493 e. The number of hydrogen-bond donors (Lipinski definition) is 0. The highest BCUT2D eigenvalue weighted by Gasteiger charge is 2.18. The average molecular weight is 276 g/mol. The third kappa shape index (κ3) is 3.73. The Morgan fingerprint density at radius 1 is 1.20 bits per heavy atom. The summed E-state index contributed by atoms with van der Waals surface area (Å²) in [7, 11) is 2.09. The summed E-state index contributed by atoms with van der Waals surface area (Å²) in [5.41, 5.74) is 2.37. The Bertz CT molecular complexity index is 466. The van der Waals surface area contributed by atoms with Crippen LogP contribution < -0.4 is 4.74 Å². The van der Waals surface area contributed by atoms with Gasteiger partial charge in [0, 0.05) is 26.2 Å². The molecule has 0 bridgehead atoms. The molecule has 1 aliphatic rings. The minimum Gasteiger partial charge on any atom is -0.493 e. The van der Waals surface area contributed by atoms with E-state index in [4.69, 9.17) is 4.74 Å². The second-order valence-electron chi connectivity index (χ2n) is 5.48. The molecule has 20 heavy (non-hydrogen) atoms. The van der Waals surface area contributed by atoms with Gasteiger partial charge in [0.25, 0.3) is 0 Å². The van der Waals surface area contributed by atoms with Gasteiger partial charge in [0.1, 0.15) is 5.75 Å². The predicted molar refractivity (Wildman–Crippen MR) is 80.1 cm³/mol. The number of likely N-dealkylation sites (N-methyl/N-ethyl adjacent to an activating group) is 1. The highest BCUT2D eigenvalue weighted by Crippen LogP contribution is 2.20. The third-order valence-electron chi connectivity index (χ3n) is 3.98. The van der Waals surface area contributed by atoms with Crippen molar-refractivity contribution in [2.75, 3.05) is 39.8 Å². The summed E-state index contributed by atoms with van der Waals surface area (Å²) in [4.78, 5) is 16.3. The molecule has 0 radical (unpaired) electrons. The summed E-state index contributed by atoms with van der Waals surface area (Å²) < 4.78 is 5.74. The molecule has 1 amide bonds. The van der Waals surface area contributed by atoms with E-state index in [2.05, 4.69) is 24.9 Å². The second-order valence-corrected chi connectivity index (χ2v) is 5.48. The van der Waals surface area contributed by atoms with Gasteiger partial charge in [0.05, 0.1) is 13.0 Å². The number of nitrogens with zero attached hydrogens (tertiary/aromatic N) is 2. The van der Waals surface area contributed by atoms with Crippen molar-refractivity contribution in [3.63, 3.8) is 0 Å². The number of carbonyl (C=O) groups is 1. The summed E-state index contributed by atoms with van der Waals surface area (Å²) in [5, 5.41) is 0. The molecule has 1 aliphatic heterocycles. The molecule has 1 fully saturated rings. The van der Waals surface area contributed by atoms with Gasteiger partial charge >= 0.3 is 0 Å². The smallest absolute Gasteiger partial charge is 0.226 e. The van der Waals surface area contributed by atoms with E-state index < -0.39 is 0 Å². The van der Waals surface area contributed by atoms with Crippen LogP contribution in [0.25, 0.3) is 0 Å². The highest BCUT2D eigenvalue weighted by atomic mass is 16.5. The molecule has 1 aromatic carbocycles. The number of benzene rings is 1. The zero-order valence-electron chi connectivity index (χ0n) is 12.7. The van der Waals surface area contributed by atoms with Crippen LogP contribution in [0.1, 0.15) is 17.5 Å². The van der Waals surface area contributed by atoms with Gasteiger partial charge in [0.15, 0.2) is 0 Å². The standard InChI is InChI=1S/C16H24N2O2/c1-13-5-4-6-15(14(13)2)20-12-7-16(19)18-10-8-17(3)9-11-18/h4-6H,7-12H2,1-3H3. The van der Waals surface area contributed by atoms with Gasteiger partial charge < -0.3 is 14.5 Å². The molecule has 0 N–H and O–H groups in total. The number of carbonyl (C=O) groups excluding carboxylic acids is 1. The second kappa shape index (κ2) is 6.75. The Kier molecular flexibility index (Phi) is 5.01. The number of aryl methyl sites for hydroxylation is 1. The van der Waals surface area contributed by atoms with Crippen LogP contribution in [0.4, 0.5) is 0 Å². The van der Waals surface area contributed by atoms with Gasteiger partial charge in [0.2, 0.25) is 5.91 Å². The minimum atomic E-state index is 0.198. The molecule has 1 heterocycles. The number of hydrogen-bond acceptors (Lipinski definition) is 3. The fourth-order valence-corrected chi connectivity index (χ4v) is 2.34. The Labute approximate surface area is 121 Å². The summed E-state index contributed by atoms with van der Waals surface area (Å²) in [5.74, 6) is 1.08. The Balaban J connectivity index is 1.78. The molecule has 0 saturated carbocycles. The molecule has 4 nitrogen and oxygen atoms in total. The van der Waals surface area contributed by atoms with Crippen molar-refractivity contribution in [3.05, 3.63) is 29.3 Å². The first-order valence-electron chi connectivity index (χ1n) is 7.23. The zero-order valence-corrected chi connectivity index (χ0v) is 12.7. The van der Waals surface area contributed by atoms with Crippen molar-refractivity contribution in [2.45, 2.75) is 20.3 Å². The van der Waals surface area contributed by atoms with Crippen molar-refractivity contribution >= 4 is 5.91 Å². The molecule has 0 unspecified atom stereocenters. The Morgan fingerprint density at radius 2 is 1.90 bits per heavy atom. The maximum atomic E-state index is 12.1. The predicted octanol–water partition coefficient (Wildman–Crippen LogP) is 1.85. The minimum absolute atomic E-state index is 0.198. The van der Waals surface area contributed by atoms with E-state index in [1.807, 2.05) is 24.0 Å². The van der Waals surface area contributed by atoms with E-state index in [1.54, 1.807) is 0 Å². The normalized spacial score (nSPS) is 16.2. The number of rotatable bonds is 4. The lowest BCUT2D eigenvalue weighted by Crippen LogP contribution is -2.47. The lowest BCUT2D eigenvalue weighted by Gasteiger charge is -2.32. The van der Waals surface area contributed by atoms with Gasteiger partial charge in [-0.2, -0.15) is 0 Å². The fourth-order valence-electron chi connectivity index (χ4n) is 2.34. The highest BCUT2D eigenvalue weighted by molar-refractivity contribution is 5.76. The van der Waals surface area contributed by atoms with E-state index in [0.29, 0.717) is 13.0 Å². The van der Waals surface area contributed by atoms with Gasteiger partial charge in [-0.05, 0) is 38.1 Å².